The molecule has 0 bridgehead atoms. The van der Waals surface area contributed by atoms with Gasteiger partial charge in [-0.3, -0.25) is 9.98 Å². The smallest absolute Gasteiger partial charge is 0.0359 e. The maximum Gasteiger partial charge on any atom is 0.0359 e. The zero-order valence-corrected chi connectivity index (χ0v) is 12.0. The molecule has 1 unspecified atom stereocenters. The lowest BCUT2D eigenvalue weighted by molar-refractivity contribution is 0.316. The third kappa shape index (κ3) is 6.50. The maximum absolute atomic E-state index is 6.09. The van der Waals surface area contributed by atoms with E-state index in [-0.39, 0.29) is 6.04 Å². The van der Waals surface area contributed by atoms with Gasteiger partial charge in [0.1, 0.15) is 0 Å². The summed E-state index contributed by atoms with van der Waals surface area (Å²) >= 11 is 0. The molecule has 0 saturated carbocycles. The van der Waals surface area contributed by atoms with Gasteiger partial charge in [0.25, 0.3) is 0 Å². The van der Waals surface area contributed by atoms with Crippen LogP contribution in [0.1, 0.15) is 40.0 Å². The second kappa shape index (κ2) is 9.77. The van der Waals surface area contributed by atoms with Gasteiger partial charge in [-0.2, -0.15) is 0 Å². The standard InChI is InChI=1S/C15H27N3/c1-6-8-14(17-5)11-15(13(4)16)12(3)9-10-18-7-2/h7-8,10,12-13,15H,2,5-6,9,11,16H2,1,3-4H3/b14-8+,18-10?/t12-,13?,15-/m1/s1. The average molecular weight is 249 g/mol. The summed E-state index contributed by atoms with van der Waals surface area (Å²) in [7, 11) is 0. The van der Waals surface area contributed by atoms with E-state index >= 15 is 0 Å². The summed E-state index contributed by atoms with van der Waals surface area (Å²) in [6, 6.07) is 0.138. The number of hydrogen-bond acceptors (Lipinski definition) is 3. The van der Waals surface area contributed by atoms with Gasteiger partial charge in [0, 0.05) is 24.2 Å². The molecule has 2 N–H and O–H groups in total. The first-order chi connectivity index (χ1) is 8.56. The minimum atomic E-state index is 0.138. The Morgan fingerprint density at radius 2 is 2.06 bits per heavy atom. The number of nitrogens with two attached hydrogens (primary N) is 1. The Kier molecular flexibility index (Phi) is 9.11. The first kappa shape index (κ1) is 16.8. The number of rotatable bonds is 9. The lowest BCUT2D eigenvalue weighted by Crippen LogP contribution is -2.32. The van der Waals surface area contributed by atoms with Crippen LogP contribution >= 0.6 is 0 Å². The van der Waals surface area contributed by atoms with Crippen LogP contribution in [0, 0.1) is 11.8 Å². The van der Waals surface area contributed by atoms with E-state index in [1.54, 1.807) is 6.20 Å². The molecule has 3 atom stereocenters. The van der Waals surface area contributed by atoms with Crippen LogP contribution in [0.3, 0.4) is 0 Å². The Labute approximate surface area is 112 Å². The summed E-state index contributed by atoms with van der Waals surface area (Å²) in [5.74, 6) is 0.861. The summed E-state index contributed by atoms with van der Waals surface area (Å²) in [5, 5.41) is 0. The third-order valence-electron chi connectivity index (χ3n) is 3.18. The zero-order valence-electron chi connectivity index (χ0n) is 12.0. The van der Waals surface area contributed by atoms with E-state index in [9.17, 15) is 0 Å². The molecule has 0 aliphatic rings. The molecule has 0 saturated heterocycles. The Hall–Kier alpha value is -1.22. The Bertz CT molecular complexity index is 303. The van der Waals surface area contributed by atoms with Crippen LogP contribution < -0.4 is 5.73 Å². The van der Waals surface area contributed by atoms with Crippen molar-refractivity contribution < 1.29 is 0 Å². The van der Waals surface area contributed by atoms with E-state index in [0.29, 0.717) is 11.8 Å². The predicted octanol–water partition coefficient (Wildman–Crippen LogP) is 3.57. The average Bonchev–Trinajstić information content (AvgIpc) is 2.34. The topological polar surface area (TPSA) is 50.7 Å². The fraction of sp³-hybridized carbons (Fsp3) is 0.600. The fourth-order valence-corrected chi connectivity index (χ4v) is 2.07. The molecule has 0 heterocycles. The molecule has 18 heavy (non-hydrogen) atoms. The van der Waals surface area contributed by atoms with Gasteiger partial charge in [-0.15, -0.1) is 0 Å². The van der Waals surface area contributed by atoms with Crippen molar-refractivity contribution in [2.24, 2.45) is 27.6 Å². The van der Waals surface area contributed by atoms with Crippen molar-refractivity contribution in [1.29, 1.82) is 0 Å². The third-order valence-corrected chi connectivity index (χ3v) is 3.18. The molecule has 0 aromatic carbocycles. The first-order valence-electron chi connectivity index (χ1n) is 6.60. The second-order valence-electron chi connectivity index (χ2n) is 4.72. The van der Waals surface area contributed by atoms with Crippen molar-refractivity contribution in [1.82, 2.24) is 0 Å². The van der Waals surface area contributed by atoms with Gasteiger partial charge >= 0.3 is 0 Å². The van der Waals surface area contributed by atoms with Crippen LogP contribution in [0.4, 0.5) is 0 Å². The highest BCUT2D eigenvalue weighted by Crippen LogP contribution is 2.25. The van der Waals surface area contributed by atoms with Crippen LogP contribution in [0.2, 0.25) is 0 Å². The van der Waals surface area contributed by atoms with E-state index in [2.05, 4.69) is 50.1 Å². The SMILES string of the molecule is C=CN=CC[C@@H](C)[C@@H](C/C(=C\CC)N=C)C(C)N. The van der Waals surface area contributed by atoms with Gasteiger partial charge in [-0.1, -0.05) is 26.5 Å². The van der Waals surface area contributed by atoms with Crippen LogP contribution in [0.5, 0.6) is 0 Å². The summed E-state index contributed by atoms with van der Waals surface area (Å²) in [6.07, 6.45) is 8.35. The molecule has 0 aliphatic heterocycles. The van der Waals surface area contributed by atoms with Crippen molar-refractivity contribution >= 4 is 12.9 Å². The van der Waals surface area contributed by atoms with Crippen LogP contribution in [-0.2, 0) is 0 Å². The predicted molar refractivity (Wildman–Crippen MR) is 82.1 cm³/mol. The Morgan fingerprint density at radius 3 is 2.50 bits per heavy atom. The quantitative estimate of drug-likeness (QED) is 0.624. The minimum absolute atomic E-state index is 0.138. The van der Waals surface area contributed by atoms with Crippen LogP contribution in [0.25, 0.3) is 0 Å². The van der Waals surface area contributed by atoms with Crippen LogP contribution in [0.15, 0.2) is 34.5 Å². The molecule has 0 amide bonds. The number of aliphatic imine (C=N–C) groups is 2. The summed E-state index contributed by atoms with van der Waals surface area (Å²) < 4.78 is 0. The highest BCUT2D eigenvalue weighted by atomic mass is 14.7. The number of nitrogens with zero attached hydrogens (tertiary/aromatic N) is 2. The Balaban J connectivity index is 4.64. The first-order valence-corrected chi connectivity index (χ1v) is 6.60. The van der Waals surface area contributed by atoms with E-state index in [4.69, 9.17) is 5.73 Å². The van der Waals surface area contributed by atoms with Gasteiger partial charge in [0.2, 0.25) is 0 Å². The van der Waals surface area contributed by atoms with Crippen LogP contribution in [-0.4, -0.2) is 19.0 Å². The van der Waals surface area contributed by atoms with E-state index < -0.39 is 0 Å². The van der Waals surface area contributed by atoms with Gasteiger partial charge in [0.05, 0.1) is 0 Å². The van der Waals surface area contributed by atoms with Gasteiger partial charge in [-0.25, -0.2) is 0 Å². The molecule has 0 fully saturated rings. The highest BCUT2D eigenvalue weighted by molar-refractivity contribution is 5.58. The Morgan fingerprint density at radius 1 is 1.39 bits per heavy atom. The lowest BCUT2D eigenvalue weighted by Gasteiger charge is -2.26. The largest absolute Gasteiger partial charge is 0.328 e. The van der Waals surface area contributed by atoms with E-state index in [0.717, 1.165) is 25.0 Å². The highest BCUT2D eigenvalue weighted by Gasteiger charge is 2.21. The molecular weight excluding hydrogens is 222 g/mol. The van der Waals surface area contributed by atoms with Gasteiger partial charge < -0.3 is 5.73 Å². The van der Waals surface area contributed by atoms with Gasteiger partial charge in [-0.05, 0) is 44.7 Å². The second-order valence-corrected chi connectivity index (χ2v) is 4.72. The molecule has 3 nitrogen and oxygen atoms in total. The zero-order chi connectivity index (χ0) is 14.0. The molecule has 0 spiro atoms. The van der Waals surface area contributed by atoms with E-state index in [1.807, 2.05) is 6.21 Å². The van der Waals surface area contributed by atoms with Crippen molar-refractivity contribution in [2.45, 2.75) is 46.1 Å². The molecule has 3 heteroatoms. The molecule has 0 radical (unpaired) electrons. The molecule has 0 aromatic heterocycles. The van der Waals surface area contributed by atoms with Gasteiger partial charge in [0.15, 0.2) is 0 Å². The fourth-order valence-electron chi connectivity index (χ4n) is 2.07. The molecule has 0 aromatic rings. The molecule has 0 aliphatic carbocycles. The summed E-state index contributed by atoms with van der Waals surface area (Å²) in [6.45, 7) is 13.6. The van der Waals surface area contributed by atoms with Crippen molar-refractivity contribution in [3.63, 3.8) is 0 Å². The maximum atomic E-state index is 6.09. The number of hydrogen-bond donors (Lipinski definition) is 1. The summed E-state index contributed by atoms with van der Waals surface area (Å²) in [4.78, 5) is 8.12. The minimum Gasteiger partial charge on any atom is -0.328 e. The molecular formula is C15H27N3. The number of allylic oxidation sites excluding steroid dienone is 2. The normalized spacial score (nSPS) is 17.4. The van der Waals surface area contributed by atoms with Crippen molar-refractivity contribution in [3.8, 4) is 0 Å². The lowest BCUT2D eigenvalue weighted by atomic mass is 9.83. The van der Waals surface area contributed by atoms with Crippen molar-refractivity contribution in [2.75, 3.05) is 0 Å². The monoisotopic (exact) mass is 249 g/mol. The van der Waals surface area contributed by atoms with E-state index in [1.165, 1.54) is 0 Å². The molecule has 102 valence electrons. The van der Waals surface area contributed by atoms with Crippen molar-refractivity contribution in [3.05, 3.63) is 24.6 Å². The molecule has 0 rings (SSSR count). The summed E-state index contributed by atoms with van der Waals surface area (Å²) in [5.41, 5.74) is 7.14.